The molecule has 1 aliphatic carbocycles. The summed E-state index contributed by atoms with van der Waals surface area (Å²) < 4.78 is 5.62. The minimum absolute atomic E-state index is 0.108. The summed E-state index contributed by atoms with van der Waals surface area (Å²) in [4.78, 5) is 15.0. The number of rotatable bonds is 5. The van der Waals surface area contributed by atoms with Gasteiger partial charge in [0.1, 0.15) is 0 Å². The molecule has 0 aromatic heterocycles. The van der Waals surface area contributed by atoms with Gasteiger partial charge in [0.2, 0.25) is 5.91 Å². The quantitative estimate of drug-likeness (QED) is 0.781. The topological polar surface area (TPSA) is 55.6 Å². The minimum atomic E-state index is -0.580. The van der Waals surface area contributed by atoms with Crippen molar-refractivity contribution in [3.63, 3.8) is 0 Å². The SMILES string of the molecule is CCN(CC1CCCO1)C(=O)C1(C(N)=S)CC(C)C1. The summed E-state index contributed by atoms with van der Waals surface area (Å²) in [5, 5.41) is 0. The molecule has 1 heterocycles. The molecule has 1 aliphatic heterocycles. The molecule has 1 unspecified atom stereocenters. The lowest BCUT2D eigenvalue weighted by atomic mass is 9.61. The molecule has 2 aliphatic rings. The van der Waals surface area contributed by atoms with Gasteiger partial charge >= 0.3 is 0 Å². The summed E-state index contributed by atoms with van der Waals surface area (Å²) >= 11 is 5.16. The molecule has 0 aromatic carbocycles. The number of nitrogens with two attached hydrogens (primary N) is 1. The van der Waals surface area contributed by atoms with Gasteiger partial charge in [0, 0.05) is 19.7 Å². The first-order valence-electron chi connectivity index (χ1n) is 7.20. The maximum Gasteiger partial charge on any atom is 0.235 e. The summed E-state index contributed by atoms with van der Waals surface area (Å²) in [5.74, 6) is 0.642. The van der Waals surface area contributed by atoms with Gasteiger partial charge in [0.15, 0.2) is 0 Å². The molecule has 1 saturated carbocycles. The maximum absolute atomic E-state index is 12.8. The van der Waals surface area contributed by atoms with Crippen molar-refractivity contribution in [1.82, 2.24) is 4.90 Å². The van der Waals surface area contributed by atoms with Gasteiger partial charge in [-0.05, 0) is 38.5 Å². The highest BCUT2D eigenvalue weighted by atomic mass is 32.1. The average Bonchev–Trinajstić information content (AvgIpc) is 2.83. The molecule has 2 rings (SSSR count). The van der Waals surface area contributed by atoms with Gasteiger partial charge in [-0.15, -0.1) is 0 Å². The van der Waals surface area contributed by atoms with Crippen LogP contribution in [0.3, 0.4) is 0 Å². The molecule has 0 aromatic rings. The zero-order chi connectivity index (χ0) is 14.0. The zero-order valence-electron chi connectivity index (χ0n) is 11.9. The first kappa shape index (κ1) is 14.7. The molecular weight excluding hydrogens is 260 g/mol. The van der Waals surface area contributed by atoms with Crippen LogP contribution in [0.25, 0.3) is 0 Å². The fourth-order valence-corrected chi connectivity index (χ4v) is 3.56. The first-order chi connectivity index (χ1) is 8.99. The van der Waals surface area contributed by atoms with Crippen LogP contribution < -0.4 is 5.73 Å². The summed E-state index contributed by atoms with van der Waals surface area (Å²) in [7, 11) is 0. The van der Waals surface area contributed by atoms with E-state index in [1.165, 1.54) is 0 Å². The maximum atomic E-state index is 12.8. The van der Waals surface area contributed by atoms with E-state index < -0.39 is 5.41 Å². The summed E-state index contributed by atoms with van der Waals surface area (Å²) in [6, 6.07) is 0. The Balaban J connectivity index is 2.04. The third-order valence-electron chi connectivity index (χ3n) is 4.39. The molecule has 19 heavy (non-hydrogen) atoms. The van der Waals surface area contributed by atoms with Gasteiger partial charge in [-0.2, -0.15) is 0 Å². The second-order valence-electron chi connectivity index (χ2n) is 5.94. The van der Waals surface area contributed by atoms with E-state index in [0.29, 0.717) is 24.0 Å². The van der Waals surface area contributed by atoms with Crippen molar-refractivity contribution in [2.24, 2.45) is 17.1 Å². The Kier molecular flexibility index (Phi) is 4.46. The van der Waals surface area contributed by atoms with Gasteiger partial charge in [-0.3, -0.25) is 4.79 Å². The molecular formula is C14H24N2O2S. The van der Waals surface area contributed by atoms with Crippen LogP contribution in [0.15, 0.2) is 0 Å². The van der Waals surface area contributed by atoms with Gasteiger partial charge < -0.3 is 15.4 Å². The lowest BCUT2D eigenvalue weighted by molar-refractivity contribution is -0.145. The number of carbonyl (C=O) groups is 1. The Morgan fingerprint density at radius 2 is 2.21 bits per heavy atom. The van der Waals surface area contributed by atoms with Crippen LogP contribution in [-0.2, 0) is 9.53 Å². The Hall–Kier alpha value is -0.680. The molecule has 4 nitrogen and oxygen atoms in total. The first-order valence-corrected chi connectivity index (χ1v) is 7.61. The van der Waals surface area contributed by atoms with Crippen LogP contribution in [0.4, 0.5) is 0 Å². The molecule has 0 bridgehead atoms. The van der Waals surface area contributed by atoms with Crippen LogP contribution in [0, 0.1) is 11.3 Å². The number of carbonyl (C=O) groups excluding carboxylic acids is 1. The Labute approximate surface area is 120 Å². The number of amides is 1. The fraction of sp³-hybridized carbons (Fsp3) is 0.857. The summed E-state index contributed by atoms with van der Waals surface area (Å²) in [6.07, 6.45) is 3.91. The lowest BCUT2D eigenvalue weighted by Crippen LogP contribution is -2.57. The number of hydrogen-bond acceptors (Lipinski definition) is 3. The summed E-state index contributed by atoms with van der Waals surface area (Å²) in [5.41, 5.74) is 5.27. The Bertz CT molecular complexity index is 360. The van der Waals surface area contributed by atoms with Crippen molar-refractivity contribution < 1.29 is 9.53 Å². The highest BCUT2D eigenvalue weighted by molar-refractivity contribution is 7.80. The van der Waals surface area contributed by atoms with Crippen molar-refractivity contribution in [1.29, 1.82) is 0 Å². The number of nitrogens with zero attached hydrogens (tertiary/aromatic N) is 1. The van der Waals surface area contributed by atoms with E-state index in [1.807, 2.05) is 11.8 Å². The normalized spacial score (nSPS) is 33.8. The molecule has 1 atom stereocenters. The number of thiocarbonyl (C=S) groups is 1. The molecule has 2 fully saturated rings. The van der Waals surface area contributed by atoms with Gasteiger partial charge in [0.25, 0.3) is 0 Å². The van der Waals surface area contributed by atoms with Crippen LogP contribution in [0.2, 0.25) is 0 Å². The Morgan fingerprint density at radius 1 is 1.53 bits per heavy atom. The van der Waals surface area contributed by atoms with Gasteiger partial charge in [0.05, 0.1) is 16.5 Å². The Morgan fingerprint density at radius 3 is 2.63 bits per heavy atom. The highest BCUT2D eigenvalue weighted by Gasteiger charge is 2.52. The van der Waals surface area contributed by atoms with Crippen molar-refractivity contribution in [3.8, 4) is 0 Å². The average molecular weight is 284 g/mol. The van der Waals surface area contributed by atoms with Crippen molar-refractivity contribution >= 4 is 23.1 Å². The molecule has 1 saturated heterocycles. The van der Waals surface area contributed by atoms with Crippen molar-refractivity contribution in [3.05, 3.63) is 0 Å². The van der Waals surface area contributed by atoms with E-state index in [0.717, 1.165) is 32.3 Å². The second-order valence-corrected chi connectivity index (χ2v) is 6.38. The summed E-state index contributed by atoms with van der Waals surface area (Å²) in [6.45, 7) is 6.32. The molecule has 1 amide bonds. The molecule has 0 spiro atoms. The van der Waals surface area contributed by atoms with E-state index >= 15 is 0 Å². The largest absolute Gasteiger partial charge is 0.392 e. The zero-order valence-corrected chi connectivity index (χ0v) is 12.7. The third kappa shape index (κ3) is 2.77. The molecule has 0 radical (unpaired) electrons. The van der Waals surface area contributed by atoms with E-state index in [9.17, 15) is 4.79 Å². The van der Waals surface area contributed by atoms with E-state index in [1.54, 1.807) is 0 Å². The van der Waals surface area contributed by atoms with Crippen LogP contribution in [-0.4, -0.2) is 41.6 Å². The number of likely N-dealkylation sites (N-methyl/N-ethyl adjacent to an activating group) is 1. The van der Waals surface area contributed by atoms with Crippen LogP contribution in [0.1, 0.15) is 39.5 Å². The van der Waals surface area contributed by atoms with Crippen LogP contribution in [0.5, 0.6) is 0 Å². The highest BCUT2D eigenvalue weighted by Crippen LogP contribution is 2.47. The predicted molar refractivity (Wildman–Crippen MR) is 78.8 cm³/mol. The number of hydrogen-bond donors (Lipinski definition) is 1. The van der Waals surface area contributed by atoms with Gasteiger partial charge in [-0.1, -0.05) is 19.1 Å². The van der Waals surface area contributed by atoms with E-state index in [-0.39, 0.29) is 12.0 Å². The lowest BCUT2D eigenvalue weighted by Gasteiger charge is -2.46. The molecule has 108 valence electrons. The third-order valence-corrected chi connectivity index (χ3v) is 4.78. The second kappa shape index (κ2) is 5.75. The monoisotopic (exact) mass is 284 g/mol. The smallest absolute Gasteiger partial charge is 0.235 e. The van der Waals surface area contributed by atoms with Crippen LogP contribution >= 0.6 is 12.2 Å². The van der Waals surface area contributed by atoms with E-state index in [4.69, 9.17) is 22.7 Å². The molecule has 5 heteroatoms. The number of ether oxygens (including phenoxy) is 1. The van der Waals surface area contributed by atoms with Gasteiger partial charge in [-0.25, -0.2) is 0 Å². The molecule has 2 N–H and O–H groups in total. The fourth-order valence-electron chi connectivity index (χ4n) is 3.30. The minimum Gasteiger partial charge on any atom is -0.392 e. The standard InChI is InChI=1S/C14H24N2O2S/c1-3-16(9-11-5-4-6-18-11)13(17)14(12(15)19)7-10(2)8-14/h10-11H,3-9H2,1-2H3,(H2,15,19). The van der Waals surface area contributed by atoms with Crippen molar-refractivity contribution in [2.75, 3.05) is 19.7 Å². The van der Waals surface area contributed by atoms with Crippen molar-refractivity contribution in [2.45, 2.75) is 45.6 Å². The predicted octanol–water partition coefficient (Wildman–Crippen LogP) is 1.72. The van der Waals surface area contributed by atoms with E-state index in [2.05, 4.69) is 6.92 Å².